The predicted octanol–water partition coefficient (Wildman–Crippen LogP) is 1.79. The molecule has 0 heterocycles. The fourth-order valence-electron chi connectivity index (χ4n) is 1.07. The van der Waals surface area contributed by atoms with Crippen LogP contribution in [0.3, 0.4) is 0 Å². The summed E-state index contributed by atoms with van der Waals surface area (Å²) in [5, 5.41) is 17.2. The molecule has 0 spiro atoms. The lowest BCUT2D eigenvalue weighted by Gasteiger charge is -2.02. The summed E-state index contributed by atoms with van der Waals surface area (Å²) in [5.41, 5.74) is 0. The van der Waals surface area contributed by atoms with Gasteiger partial charge in [0.2, 0.25) is 0 Å². The van der Waals surface area contributed by atoms with Gasteiger partial charge in [0.15, 0.2) is 0 Å². The van der Waals surface area contributed by atoms with Crippen molar-refractivity contribution in [3.05, 3.63) is 0 Å². The number of hydrogen-bond donors (Lipinski definition) is 2. The molecule has 0 unspecified atom stereocenters. The van der Waals surface area contributed by atoms with Crippen molar-refractivity contribution in [3.63, 3.8) is 0 Å². The molecule has 0 fully saturated rings. The highest BCUT2D eigenvalue weighted by Gasteiger charge is 1.97. The van der Waals surface area contributed by atoms with Gasteiger partial charge in [-0.05, 0) is 19.8 Å². The van der Waals surface area contributed by atoms with Crippen LogP contribution in [0.5, 0.6) is 0 Å². The Morgan fingerprint density at radius 1 is 1.25 bits per heavy atom. The first kappa shape index (κ1) is 11.4. The summed E-state index contributed by atoms with van der Waals surface area (Å²) in [6.45, 7) is 1.78. The Balaban J connectivity index is 2.96. The van der Waals surface area contributed by atoms with E-state index in [9.17, 15) is 4.79 Å². The number of hydrogen-bond acceptors (Lipinski definition) is 2. The molecule has 0 radical (unpaired) electrons. The van der Waals surface area contributed by atoms with E-state index in [0.29, 0.717) is 0 Å². The minimum absolute atomic E-state index is 0.218. The first-order valence-corrected chi connectivity index (χ1v) is 4.53. The Bertz CT molecular complexity index is 121. The molecule has 2 N–H and O–H groups in total. The van der Waals surface area contributed by atoms with Gasteiger partial charge >= 0.3 is 5.97 Å². The van der Waals surface area contributed by atoms with E-state index in [-0.39, 0.29) is 12.5 Å². The van der Waals surface area contributed by atoms with Gasteiger partial charge in [-0.15, -0.1) is 0 Å². The Hall–Kier alpha value is -0.570. The van der Waals surface area contributed by atoms with Gasteiger partial charge in [0.25, 0.3) is 0 Å². The number of unbranched alkanes of at least 4 members (excludes halogenated alkanes) is 3. The van der Waals surface area contributed by atoms with Crippen LogP contribution in [0.1, 0.15) is 45.4 Å². The van der Waals surface area contributed by atoms with Gasteiger partial charge in [-0.3, -0.25) is 4.79 Å². The molecule has 3 nitrogen and oxygen atoms in total. The fraction of sp³-hybridized carbons (Fsp3) is 0.889. The summed E-state index contributed by atoms with van der Waals surface area (Å²) in [4.78, 5) is 10.1. The van der Waals surface area contributed by atoms with Crippen LogP contribution in [0.15, 0.2) is 0 Å². The third-order valence-corrected chi connectivity index (χ3v) is 1.76. The number of aliphatic hydroxyl groups excluding tert-OH is 1. The zero-order valence-electron chi connectivity index (χ0n) is 7.62. The maximum absolute atomic E-state index is 10.1. The zero-order chi connectivity index (χ0) is 9.40. The SMILES string of the molecule is C[C@@H](O)CCCCCCC(=O)O. The zero-order valence-corrected chi connectivity index (χ0v) is 7.62. The minimum Gasteiger partial charge on any atom is -0.481 e. The van der Waals surface area contributed by atoms with Gasteiger partial charge in [-0.25, -0.2) is 0 Å². The monoisotopic (exact) mass is 174 g/mol. The van der Waals surface area contributed by atoms with Crippen LogP contribution in [-0.2, 0) is 4.79 Å². The molecule has 0 saturated heterocycles. The number of rotatable bonds is 7. The van der Waals surface area contributed by atoms with Crippen LogP contribution in [0, 0.1) is 0 Å². The van der Waals surface area contributed by atoms with Crippen molar-refractivity contribution in [2.24, 2.45) is 0 Å². The van der Waals surface area contributed by atoms with Gasteiger partial charge in [-0.2, -0.15) is 0 Å². The predicted molar refractivity (Wildman–Crippen MR) is 47.0 cm³/mol. The van der Waals surface area contributed by atoms with E-state index < -0.39 is 5.97 Å². The van der Waals surface area contributed by atoms with Gasteiger partial charge in [0, 0.05) is 6.42 Å². The topological polar surface area (TPSA) is 57.5 Å². The lowest BCUT2D eigenvalue weighted by Crippen LogP contribution is -1.98. The van der Waals surface area contributed by atoms with E-state index in [1.807, 2.05) is 0 Å². The number of aliphatic carboxylic acids is 1. The summed E-state index contributed by atoms with van der Waals surface area (Å²) in [6, 6.07) is 0. The summed E-state index contributed by atoms with van der Waals surface area (Å²) < 4.78 is 0. The molecule has 1 atom stereocenters. The second kappa shape index (κ2) is 7.10. The molecule has 0 bridgehead atoms. The van der Waals surface area contributed by atoms with E-state index in [4.69, 9.17) is 10.2 Å². The van der Waals surface area contributed by atoms with E-state index in [1.165, 1.54) is 0 Å². The molecule has 12 heavy (non-hydrogen) atoms. The lowest BCUT2D eigenvalue weighted by atomic mass is 10.1. The van der Waals surface area contributed by atoms with Crippen LogP contribution in [-0.4, -0.2) is 22.3 Å². The smallest absolute Gasteiger partial charge is 0.303 e. The largest absolute Gasteiger partial charge is 0.481 e. The first-order valence-electron chi connectivity index (χ1n) is 4.53. The maximum Gasteiger partial charge on any atom is 0.303 e. The van der Waals surface area contributed by atoms with Gasteiger partial charge in [0.05, 0.1) is 6.10 Å². The summed E-state index contributed by atoms with van der Waals surface area (Å²) >= 11 is 0. The second-order valence-electron chi connectivity index (χ2n) is 3.20. The molecular weight excluding hydrogens is 156 g/mol. The van der Waals surface area contributed by atoms with Crippen molar-refractivity contribution in [2.75, 3.05) is 0 Å². The van der Waals surface area contributed by atoms with E-state index >= 15 is 0 Å². The molecular formula is C9H18O3. The number of carboxylic acids is 1. The van der Waals surface area contributed by atoms with E-state index in [1.54, 1.807) is 6.92 Å². The summed E-state index contributed by atoms with van der Waals surface area (Å²) in [5.74, 6) is -0.717. The Morgan fingerprint density at radius 2 is 1.83 bits per heavy atom. The summed E-state index contributed by atoms with van der Waals surface area (Å²) in [7, 11) is 0. The van der Waals surface area contributed by atoms with Crippen molar-refractivity contribution in [1.29, 1.82) is 0 Å². The molecule has 0 aromatic rings. The third-order valence-electron chi connectivity index (χ3n) is 1.76. The van der Waals surface area contributed by atoms with E-state index in [0.717, 1.165) is 32.1 Å². The molecule has 0 saturated carbocycles. The van der Waals surface area contributed by atoms with Gasteiger partial charge < -0.3 is 10.2 Å². The Labute approximate surface area is 73.4 Å². The van der Waals surface area contributed by atoms with Gasteiger partial charge in [-0.1, -0.05) is 19.3 Å². The second-order valence-corrected chi connectivity index (χ2v) is 3.20. The third kappa shape index (κ3) is 9.43. The van der Waals surface area contributed by atoms with Crippen molar-refractivity contribution in [3.8, 4) is 0 Å². The molecule has 0 aliphatic carbocycles. The molecule has 0 aliphatic rings. The van der Waals surface area contributed by atoms with Crippen LogP contribution in [0.25, 0.3) is 0 Å². The Kier molecular flexibility index (Phi) is 6.76. The Morgan fingerprint density at radius 3 is 2.33 bits per heavy atom. The molecule has 0 aliphatic heterocycles. The molecule has 0 aromatic carbocycles. The van der Waals surface area contributed by atoms with Crippen molar-refractivity contribution in [2.45, 2.75) is 51.6 Å². The lowest BCUT2D eigenvalue weighted by molar-refractivity contribution is -0.137. The van der Waals surface area contributed by atoms with Crippen molar-refractivity contribution < 1.29 is 15.0 Å². The van der Waals surface area contributed by atoms with Crippen molar-refractivity contribution in [1.82, 2.24) is 0 Å². The molecule has 0 amide bonds. The van der Waals surface area contributed by atoms with Gasteiger partial charge in [0.1, 0.15) is 0 Å². The van der Waals surface area contributed by atoms with E-state index in [2.05, 4.69) is 0 Å². The minimum atomic E-state index is -0.717. The number of carboxylic acid groups (broad SMARTS) is 1. The number of carbonyl (C=O) groups is 1. The fourth-order valence-corrected chi connectivity index (χ4v) is 1.07. The average Bonchev–Trinajstić information content (AvgIpc) is 1.95. The molecule has 72 valence electrons. The first-order chi connectivity index (χ1) is 5.63. The van der Waals surface area contributed by atoms with Crippen LogP contribution < -0.4 is 0 Å². The highest BCUT2D eigenvalue weighted by molar-refractivity contribution is 5.66. The molecule has 0 aromatic heterocycles. The van der Waals surface area contributed by atoms with Crippen LogP contribution in [0.4, 0.5) is 0 Å². The maximum atomic E-state index is 10.1. The standard InChI is InChI=1S/C9H18O3/c1-8(10)6-4-2-3-5-7-9(11)12/h8,10H,2-7H2,1H3,(H,11,12)/t8-/m1/s1. The summed E-state index contributed by atoms with van der Waals surface area (Å²) in [6.07, 6.45) is 4.62. The average molecular weight is 174 g/mol. The normalized spacial score (nSPS) is 12.8. The molecule has 0 rings (SSSR count). The van der Waals surface area contributed by atoms with Crippen LogP contribution in [0.2, 0.25) is 0 Å². The highest BCUT2D eigenvalue weighted by atomic mass is 16.4. The number of aliphatic hydroxyl groups is 1. The quantitative estimate of drug-likeness (QED) is 0.578. The highest BCUT2D eigenvalue weighted by Crippen LogP contribution is 2.06. The molecule has 3 heteroatoms. The van der Waals surface area contributed by atoms with Crippen LogP contribution >= 0.6 is 0 Å². The van der Waals surface area contributed by atoms with Crippen molar-refractivity contribution >= 4 is 5.97 Å².